The zero-order valence-corrected chi connectivity index (χ0v) is 8.16. The third-order valence-electron chi connectivity index (χ3n) is 2.14. The van der Waals surface area contributed by atoms with E-state index in [1.54, 1.807) is 0 Å². The second-order valence-corrected chi connectivity index (χ2v) is 3.12. The van der Waals surface area contributed by atoms with E-state index in [1.165, 1.54) is 5.56 Å². The van der Waals surface area contributed by atoms with Gasteiger partial charge < -0.3 is 5.32 Å². The van der Waals surface area contributed by atoms with Crippen molar-refractivity contribution < 1.29 is 0 Å². The van der Waals surface area contributed by atoms with Crippen LogP contribution in [-0.2, 0) is 6.54 Å². The first-order chi connectivity index (χ1) is 6.36. The van der Waals surface area contributed by atoms with Gasteiger partial charge in [-0.05, 0) is 12.0 Å². The van der Waals surface area contributed by atoms with Gasteiger partial charge in [0, 0.05) is 12.6 Å². The summed E-state index contributed by atoms with van der Waals surface area (Å²) in [5.74, 6) is 0. The van der Waals surface area contributed by atoms with Gasteiger partial charge in [-0.2, -0.15) is 0 Å². The van der Waals surface area contributed by atoms with Gasteiger partial charge in [0.15, 0.2) is 0 Å². The van der Waals surface area contributed by atoms with E-state index >= 15 is 0 Å². The topological polar surface area (TPSA) is 12.0 Å². The van der Waals surface area contributed by atoms with Crippen molar-refractivity contribution in [3.05, 3.63) is 48.6 Å². The molecule has 1 unspecified atom stereocenters. The van der Waals surface area contributed by atoms with Crippen LogP contribution < -0.4 is 5.32 Å². The van der Waals surface area contributed by atoms with Crippen molar-refractivity contribution in [3.8, 4) is 0 Å². The van der Waals surface area contributed by atoms with E-state index in [-0.39, 0.29) is 0 Å². The molecule has 70 valence electrons. The molecule has 0 bridgehead atoms. The minimum absolute atomic E-state index is 0.431. The summed E-state index contributed by atoms with van der Waals surface area (Å²) in [7, 11) is 0. The molecule has 1 nitrogen and oxygen atoms in total. The lowest BCUT2D eigenvalue weighted by Crippen LogP contribution is -2.25. The molecule has 1 aromatic carbocycles. The molecular weight excluding hydrogens is 158 g/mol. The van der Waals surface area contributed by atoms with Gasteiger partial charge in [-0.1, -0.05) is 43.3 Å². The van der Waals surface area contributed by atoms with Crippen LogP contribution in [0.2, 0.25) is 0 Å². The molecule has 0 fully saturated rings. The fourth-order valence-electron chi connectivity index (χ4n) is 1.24. The highest BCUT2D eigenvalue weighted by atomic mass is 14.9. The van der Waals surface area contributed by atoms with Crippen LogP contribution in [0.3, 0.4) is 0 Å². The first-order valence-corrected chi connectivity index (χ1v) is 4.76. The lowest BCUT2D eigenvalue weighted by molar-refractivity contribution is 0.579. The normalized spacial score (nSPS) is 12.4. The fourth-order valence-corrected chi connectivity index (χ4v) is 1.24. The van der Waals surface area contributed by atoms with Gasteiger partial charge in [-0.25, -0.2) is 0 Å². The Bertz CT molecular complexity index is 241. The zero-order chi connectivity index (χ0) is 9.52. The van der Waals surface area contributed by atoms with Crippen molar-refractivity contribution >= 4 is 0 Å². The van der Waals surface area contributed by atoms with Gasteiger partial charge in [-0.15, -0.1) is 6.58 Å². The number of hydrogen-bond donors (Lipinski definition) is 1. The molecule has 1 atom stereocenters. The summed E-state index contributed by atoms with van der Waals surface area (Å²) in [6, 6.07) is 10.8. The van der Waals surface area contributed by atoms with E-state index < -0.39 is 0 Å². The number of rotatable bonds is 5. The third kappa shape index (κ3) is 3.43. The van der Waals surface area contributed by atoms with Crippen molar-refractivity contribution in [2.45, 2.75) is 25.9 Å². The smallest absolute Gasteiger partial charge is 0.0247 e. The van der Waals surface area contributed by atoms with E-state index in [4.69, 9.17) is 0 Å². The van der Waals surface area contributed by atoms with Crippen LogP contribution in [-0.4, -0.2) is 6.04 Å². The molecule has 0 amide bonds. The van der Waals surface area contributed by atoms with E-state index in [2.05, 4.69) is 43.1 Å². The van der Waals surface area contributed by atoms with E-state index in [0.29, 0.717) is 6.04 Å². The van der Waals surface area contributed by atoms with Crippen LogP contribution >= 0.6 is 0 Å². The monoisotopic (exact) mass is 175 g/mol. The van der Waals surface area contributed by atoms with Crippen molar-refractivity contribution in [1.29, 1.82) is 0 Å². The van der Waals surface area contributed by atoms with Gasteiger partial charge >= 0.3 is 0 Å². The van der Waals surface area contributed by atoms with Gasteiger partial charge in [0.25, 0.3) is 0 Å². The van der Waals surface area contributed by atoms with Crippen LogP contribution in [0, 0.1) is 0 Å². The average molecular weight is 175 g/mol. The molecule has 1 heteroatoms. The van der Waals surface area contributed by atoms with Crippen molar-refractivity contribution in [3.63, 3.8) is 0 Å². The van der Waals surface area contributed by atoms with Crippen molar-refractivity contribution in [2.24, 2.45) is 0 Å². The minimum Gasteiger partial charge on any atom is -0.306 e. The molecule has 0 aliphatic carbocycles. The number of nitrogens with one attached hydrogen (secondary N) is 1. The number of benzene rings is 1. The summed E-state index contributed by atoms with van der Waals surface area (Å²) in [5.41, 5.74) is 1.32. The van der Waals surface area contributed by atoms with E-state index in [1.807, 2.05) is 12.1 Å². The maximum absolute atomic E-state index is 3.78. The summed E-state index contributed by atoms with van der Waals surface area (Å²) < 4.78 is 0. The molecule has 0 saturated carbocycles. The first-order valence-electron chi connectivity index (χ1n) is 4.76. The average Bonchev–Trinajstić information content (AvgIpc) is 2.21. The molecule has 0 aliphatic rings. The molecule has 1 aromatic rings. The Morgan fingerprint density at radius 3 is 2.62 bits per heavy atom. The molecule has 0 spiro atoms. The maximum atomic E-state index is 3.78. The molecule has 13 heavy (non-hydrogen) atoms. The van der Waals surface area contributed by atoms with Gasteiger partial charge in [-0.3, -0.25) is 0 Å². The first kappa shape index (κ1) is 10.0. The summed E-state index contributed by atoms with van der Waals surface area (Å²) in [6.45, 7) is 6.86. The van der Waals surface area contributed by atoms with Gasteiger partial charge in [0.05, 0.1) is 0 Å². The molecule has 1 N–H and O–H groups in total. The standard InChI is InChI=1S/C12H17N/c1-3-12(4-2)13-10-11-8-6-5-7-9-11/h3,5-9,12-13H,1,4,10H2,2H3. The molecule has 0 heterocycles. The van der Waals surface area contributed by atoms with Crippen LogP contribution in [0.1, 0.15) is 18.9 Å². The Labute approximate surface area is 80.5 Å². The lowest BCUT2D eigenvalue weighted by atomic mass is 10.2. The van der Waals surface area contributed by atoms with E-state index in [9.17, 15) is 0 Å². The Kier molecular flexibility index (Phi) is 4.27. The highest BCUT2D eigenvalue weighted by Gasteiger charge is 1.98. The Hall–Kier alpha value is -1.08. The largest absolute Gasteiger partial charge is 0.306 e. The predicted molar refractivity (Wildman–Crippen MR) is 57.6 cm³/mol. The highest BCUT2D eigenvalue weighted by molar-refractivity contribution is 5.14. The van der Waals surface area contributed by atoms with Crippen molar-refractivity contribution in [2.75, 3.05) is 0 Å². The molecule has 1 rings (SSSR count). The quantitative estimate of drug-likeness (QED) is 0.678. The summed E-state index contributed by atoms with van der Waals surface area (Å²) in [4.78, 5) is 0. The third-order valence-corrected chi connectivity index (χ3v) is 2.14. The highest BCUT2D eigenvalue weighted by Crippen LogP contribution is 1.99. The van der Waals surface area contributed by atoms with Crippen LogP contribution in [0.15, 0.2) is 43.0 Å². The Balaban J connectivity index is 2.38. The molecule has 0 saturated heterocycles. The van der Waals surface area contributed by atoms with Crippen molar-refractivity contribution in [1.82, 2.24) is 5.32 Å². The Morgan fingerprint density at radius 1 is 1.38 bits per heavy atom. The fraction of sp³-hybridized carbons (Fsp3) is 0.333. The van der Waals surface area contributed by atoms with E-state index in [0.717, 1.165) is 13.0 Å². The van der Waals surface area contributed by atoms with Gasteiger partial charge in [0.1, 0.15) is 0 Å². The molecule has 0 radical (unpaired) electrons. The van der Waals surface area contributed by atoms with Crippen LogP contribution in [0.25, 0.3) is 0 Å². The van der Waals surface area contributed by atoms with Crippen LogP contribution in [0.4, 0.5) is 0 Å². The van der Waals surface area contributed by atoms with Gasteiger partial charge in [0.2, 0.25) is 0 Å². The lowest BCUT2D eigenvalue weighted by Gasteiger charge is -2.11. The Morgan fingerprint density at radius 2 is 2.08 bits per heavy atom. The molecule has 0 aromatic heterocycles. The summed E-state index contributed by atoms with van der Waals surface area (Å²) in [5, 5.41) is 3.42. The molecular formula is C12H17N. The maximum Gasteiger partial charge on any atom is 0.0247 e. The minimum atomic E-state index is 0.431. The second kappa shape index (κ2) is 5.55. The summed E-state index contributed by atoms with van der Waals surface area (Å²) in [6.07, 6.45) is 3.05. The van der Waals surface area contributed by atoms with Crippen LogP contribution in [0.5, 0.6) is 0 Å². The molecule has 0 aliphatic heterocycles. The predicted octanol–water partition coefficient (Wildman–Crippen LogP) is 2.74. The number of hydrogen-bond acceptors (Lipinski definition) is 1. The second-order valence-electron chi connectivity index (χ2n) is 3.12. The SMILES string of the molecule is C=CC(CC)NCc1ccccc1. The zero-order valence-electron chi connectivity index (χ0n) is 8.16. The summed E-state index contributed by atoms with van der Waals surface area (Å²) >= 11 is 0.